The van der Waals surface area contributed by atoms with E-state index >= 15 is 0 Å². The Kier molecular flexibility index (Phi) is 5.25. The molecule has 0 aliphatic heterocycles. The van der Waals surface area contributed by atoms with E-state index in [-0.39, 0.29) is 12.1 Å². The fourth-order valence-corrected chi connectivity index (χ4v) is 1.86. The van der Waals surface area contributed by atoms with Gasteiger partial charge in [-0.3, -0.25) is 0 Å². The van der Waals surface area contributed by atoms with Gasteiger partial charge < -0.3 is 15.2 Å². The lowest BCUT2D eigenvalue weighted by Gasteiger charge is -2.15. The van der Waals surface area contributed by atoms with Gasteiger partial charge in [-0.1, -0.05) is 6.07 Å². The first kappa shape index (κ1) is 13.5. The highest BCUT2D eigenvalue weighted by Crippen LogP contribution is 2.27. The molecule has 16 heavy (non-hydrogen) atoms. The third-order valence-corrected chi connectivity index (χ3v) is 2.83. The van der Waals surface area contributed by atoms with E-state index in [9.17, 15) is 0 Å². The first-order chi connectivity index (χ1) is 7.54. The Labute approximate surface area is 105 Å². The molecule has 0 heterocycles. The van der Waals surface area contributed by atoms with E-state index < -0.39 is 0 Å². The number of ether oxygens (including phenoxy) is 2. The number of rotatable bonds is 5. The number of halogens is 1. The van der Waals surface area contributed by atoms with Crippen molar-refractivity contribution < 1.29 is 9.47 Å². The molecular formula is C12H18BrNO2. The van der Waals surface area contributed by atoms with Crippen molar-refractivity contribution in [2.75, 3.05) is 13.7 Å². The van der Waals surface area contributed by atoms with Crippen molar-refractivity contribution in [1.29, 1.82) is 0 Å². The molecule has 0 aliphatic carbocycles. The van der Waals surface area contributed by atoms with E-state index in [0.717, 1.165) is 15.8 Å². The van der Waals surface area contributed by atoms with Crippen LogP contribution in [0, 0.1) is 0 Å². The summed E-state index contributed by atoms with van der Waals surface area (Å²) in [5, 5.41) is 0. The van der Waals surface area contributed by atoms with Gasteiger partial charge in [0.25, 0.3) is 0 Å². The van der Waals surface area contributed by atoms with Crippen LogP contribution in [0.4, 0.5) is 0 Å². The van der Waals surface area contributed by atoms with Crippen LogP contribution < -0.4 is 10.5 Å². The van der Waals surface area contributed by atoms with Crippen LogP contribution in [0.5, 0.6) is 5.75 Å². The monoisotopic (exact) mass is 287 g/mol. The van der Waals surface area contributed by atoms with Crippen molar-refractivity contribution in [3.8, 4) is 5.75 Å². The van der Waals surface area contributed by atoms with E-state index in [0.29, 0.717) is 6.61 Å². The van der Waals surface area contributed by atoms with E-state index in [1.165, 1.54) is 0 Å². The minimum absolute atomic E-state index is 0.107. The predicted octanol–water partition coefficient (Wildman–Crippen LogP) is 2.88. The van der Waals surface area contributed by atoms with Crippen molar-refractivity contribution >= 4 is 15.9 Å². The molecule has 1 aromatic carbocycles. The highest BCUT2D eigenvalue weighted by atomic mass is 79.9. The van der Waals surface area contributed by atoms with E-state index in [1.807, 2.05) is 32.0 Å². The van der Waals surface area contributed by atoms with Crippen LogP contribution in [0.15, 0.2) is 22.7 Å². The fraction of sp³-hybridized carbons (Fsp3) is 0.500. The molecule has 1 unspecified atom stereocenters. The molecule has 0 saturated carbocycles. The van der Waals surface area contributed by atoms with Gasteiger partial charge in [0.2, 0.25) is 0 Å². The zero-order valence-electron chi connectivity index (χ0n) is 9.87. The van der Waals surface area contributed by atoms with Crippen molar-refractivity contribution in [3.05, 3.63) is 28.2 Å². The molecule has 0 saturated heterocycles. The molecule has 1 aromatic rings. The SMILES string of the molecule is COc1ccc(C(N)COC(C)C)cc1Br. The summed E-state index contributed by atoms with van der Waals surface area (Å²) in [6, 6.07) is 5.71. The Morgan fingerprint density at radius 2 is 2.06 bits per heavy atom. The Balaban J connectivity index is 2.69. The lowest BCUT2D eigenvalue weighted by atomic mass is 10.1. The molecule has 0 radical (unpaired) electrons. The highest BCUT2D eigenvalue weighted by Gasteiger charge is 2.09. The molecule has 1 rings (SSSR count). The average molecular weight is 288 g/mol. The van der Waals surface area contributed by atoms with Gasteiger partial charge in [0, 0.05) is 0 Å². The van der Waals surface area contributed by atoms with Gasteiger partial charge in [0.15, 0.2) is 0 Å². The summed E-state index contributed by atoms with van der Waals surface area (Å²) in [5.74, 6) is 0.806. The van der Waals surface area contributed by atoms with E-state index in [2.05, 4.69) is 15.9 Å². The number of hydrogen-bond acceptors (Lipinski definition) is 3. The van der Waals surface area contributed by atoms with E-state index in [1.54, 1.807) is 7.11 Å². The van der Waals surface area contributed by atoms with Crippen LogP contribution >= 0.6 is 15.9 Å². The molecule has 2 N–H and O–H groups in total. The van der Waals surface area contributed by atoms with Crippen molar-refractivity contribution in [3.63, 3.8) is 0 Å². The summed E-state index contributed by atoms with van der Waals surface area (Å²) in [7, 11) is 1.64. The van der Waals surface area contributed by atoms with Gasteiger partial charge in [-0.05, 0) is 47.5 Å². The van der Waals surface area contributed by atoms with E-state index in [4.69, 9.17) is 15.2 Å². The molecule has 1 atom stereocenters. The van der Waals surface area contributed by atoms with Crippen molar-refractivity contribution in [2.24, 2.45) is 5.73 Å². The molecule has 3 nitrogen and oxygen atoms in total. The second kappa shape index (κ2) is 6.23. The topological polar surface area (TPSA) is 44.5 Å². The molecule has 0 aromatic heterocycles. The number of methoxy groups -OCH3 is 1. The molecule has 0 amide bonds. The molecule has 4 heteroatoms. The Morgan fingerprint density at radius 3 is 2.56 bits per heavy atom. The van der Waals surface area contributed by atoms with Crippen LogP contribution in [0.2, 0.25) is 0 Å². The standard InChI is InChI=1S/C12H18BrNO2/c1-8(2)16-7-11(14)9-4-5-12(15-3)10(13)6-9/h4-6,8,11H,7,14H2,1-3H3. The minimum Gasteiger partial charge on any atom is -0.496 e. The van der Waals surface area contributed by atoms with Gasteiger partial charge in [-0.25, -0.2) is 0 Å². The average Bonchev–Trinajstić information content (AvgIpc) is 2.25. The quantitative estimate of drug-likeness (QED) is 0.906. The normalized spacial score (nSPS) is 12.9. The van der Waals surface area contributed by atoms with Gasteiger partial charge in [-0.2, -0.15) is 0 Å². The summed E-state index contributed by atoms with van der Waals surface area (Å²) in [5.41, 5.74) is 7.05. The molecule has 0 bridgehead atoms. The summed E-state index contributed by atoms with van der Waals surface area (Å²) in [6.07, 6.45) is 0.202. The van der Waals surface area contributed by atoms with Gasteiger partial charge in [0.05, 0.1) is 30.3 Å². The first-order valence-electron chi connectivity index (χ1n) is 5.25. The smallest absolute Gasteiger partial charge is 0.133 e. The minimum atomic E-state index is -0.107. The van der Waals surface area contributed by atoms with Crippen LogP contribution in [-0.4, -0.2) is 19.8 Å². The van der Waals surface area contributed by atoms with Crippen LogP contribution in [-0.2, 0) is 4.74 Å². The predicted molar refractivity (Wildman–Crippen MR) is 68.7 cm³/mol. The molecule has 0 spiro atoms. The van der Waals surface area contributed by atoms with Gasteiger partial charge in [0.1, 0.15) is 5.75 Å². The van der Waals surface area contributed by atoms with Crippen molar-refractivity contribution in [1.82, 2.24) is 0 Å². The summed E-state index contributed by atoms with van der Waals surface area (Å²) >= 11 is 3.43. The molecule has 0 aliphatic rings. The maximum Gasteiger partial charge on any atom is 0.133 e. The van der Waals surface area contributed by atoms with Crippen LogP contribution in [0.1, 0.15) is 25.5 Å². The number of hydrogen-bond donors (Lipinski definition) is 1. The molecule has 90 valence electrons. The molecular weight excluding hydrogens is 270 g/mol. The maximum atomic E-state index is 6.02. The number of benzene rings is 1. The number of nitrogens with two attached hydrogens (primary N) is 1. The summed E-state index contributed by atoms with van der Waals surface area (Å²) in [6.45, 7) is 4.52. The lowest BCUT2D eigenvalue weighted by Crippen LogP contribution is -2.19. The van der Waals surface area contributed by atoms with Crippen LogP contribution in [0.3, 0.4) is 0 Å². The Morgan fingerprint density at radius 1 is 1.38 bits per heavy atom. The highest BCUT2D eigenvalue weighted by molar-refractivity contribution is 9.10. The third kappa shape index (κ3) is 3.77. The Bertz CT molecular complexity index is 342. The third-order valence-electron chi connectivity index (χ3n) is 2.21. The molecule has 0 fully saturated rings. The summed E-state index contributed by atoms with van der Waals surface area (Å²) < 4.78 is 11.6. The Hall–Kier alpha value is -0.580. The summed E-state index contributed by atoms with van der Waals surface area (Å²) in [4.78, 5) is 0. The lowest BCUT2D eigenvalue weighted by molar-refractivity contribution is 0.0683. The van der Waals surface area contributed by atoms with Gasteiger partial charge in [-0.15, -0.1) is 0 Å². The first-order valence-corrected chi connectivity index (χ1v) is 6.04. The van der Waals surface area contributed by atoms with Crippen LogP contribution in [0.25, 0.3) is 0 Å². The zero-order valence-corrected chi connectivity index (χ0v) is 11.5. The zero-order chi connectivity index (χ0) is 12.1. The second-order valence-electron chi connectivity index (χ2n) is 3.88. The van der Waals surface area contributed by atoms with Gasteiger partial charge >= 0.3 is 0 Å². The largest absolute Gasteiger partial charge is 0.496 e. The van der Waals surface area contributed by atoms with Crippen molar-refractivity contribution in [2.45, 2.75) is 26.0 Å². The second-order valence-corrected chi connectivity index (χ2v) is 4.74. The fourth-order valence-electron chi connectivity index (χ4n) is 1.31. The maximum absolute atomic E-state index is 6.02.